The molecule has 1 aliphatic carbocycles. The molecule has 0 aromatic rings. The molecule has 3 nitrogen and oxygen atoms in total. The fourth-order valence-electron chi connectivity index (χ4n) is 2.00. The van der Waals surface area contributed by atoms with Crippen LogP contribution in [0.1, 0.15) is 46.5 Å². The lowest BCUT2D eigenvalue weighted by molar-refractivity contribution is -0.181. The third kappa shape index (κ3) is 3.69. The molecular weight excluding hydrogens is 277 g/mol. The molecule has 0 saturated heterocycles. The van der Waals surface area contributed by atoms with Crippen molar-refractivity contribution >= 4 is 11.0 Å². The second kappa shape index (κ2) is 5.41. The molecule has 0 aromatic heterocycles. The number of nitrogens with zero attached hydrogens (tertiary/aromatic N) is 1. The summed E-state index contributed by atoms with van der Waals surface area (Å²) in [6.07, 6.45) is -4.48. The van der Waals surface area contributed by atoms with Gasteiger partial charge in [0.25, 0.3) is 0 Å². The van der Waals surface area contributed by atoms with Crippen molar-refractivity contribution in [2.45, 2.75) is 69.0 Å². The number of nitrogens with one attached hydrogen (secondary N) is 1. The summed E-state index contributed by atoms with van der Waals surface area (Å²) in [5.74, 6) is 0. The maximum absolute atomic E-state index is 12.9. The van der Waals surface area contributed by atoms with E-state index < -0.39 is 27.4 Å². The Morgan fingerprint density at radius 1 is 1.26 bits per heavy atom. The summed E-state index contributed by atoms with van der Waals surface area (Å²) in [6, 6.07) is -0.211. The Kier molecular flexibility index (Phi) is 4.68. The van der Waals surface area contributed by atoms with Gasteiger partial charge in [0, 0.05) is 18.9 Å². The van der Waals surface area contributed by atoms with Crippen LogP contribution in [0.3, 0.4) is 0 Å². The fourth-order valence-corrected chi connectivity index (χ4v) is 2.89. The molecule has 110 valence electrons. The lowest BCUT2D eigenvalue weighted by Gasteiger charge is -2.33. The first-order valence-electron chi connectivity index (χ1n) is 6.15. The first kappa shape index (κ1) is 16.4. The van der Waals surface area contributed by atoms with Crippen molar-refractivity contribution in [3.05, 3.63) is 11.4 Å². The van der Waals surface area contributed by atoms with Crippen molar-refractivity contribution in [3.63, 3.8) is 0 Å². The molecule has 19 heavy (non-hydrogen) atoms. The highest BCUT2D eigenvalue weighted by atomic mass is 32.2. The van der Waals surface area contributed by atoms with Gasteiger partial charge >= 0.3 is 11.7 Å². The second-order valence-corrected chi connectivity index (χ2v) is 7.91. The summed E-state index contributed by atoms with van der Waals surface area (Å²) >= 11 is 0. The first-order valence-corrected chi connectivity index (χ1v) is 7.30. The number of alkyl halides is 3. The van der Waals surface area contributed by atoms with E-state index in [1.54, 1.807) is 20.8 Å². The SMILES string of the molecule is [C-]#[N+]C1(C(F)(F)F)CCC(NS(=O)C(C)(C)C)CC1. The monoisotopic (exact) mass is 296 g/mol. The quantitative estimate of drug-likeness (QED) is 0.780. The van der Waals surface area contributed by atoms with E-state index in [-0.39, 0.29) is 31.7 Å². The Bertz CT molecular complexity index is 387. The minimum atomic E-state index is -4.48. The second-order valence-electron chi connectivity index (χ2n) is 5.91. The Balaban J connectivity index is 2.64. The molecule has 1 rings (SSSR count). The summed E-state index contributed by atoms with van der Waals surface area (Å²) in [4.78, 5) is 2.83. The normalized spacial score (nSPS) is 30.7. The molecular formula is C12H19F3N2OS. The summed E-state index contributed by atoms with van der Waals surface area (Å²) in [7, 11) is -1.29. The lowest BCUT2D eigenvalue weighted by atomic mass is 9.80. The molecule has 1 atom stereocenters. The molecule has 0 spiro atoms. The van der Waals surface area contributed by atoms with E-state index >= 15 is 0 Å². The molecule has 1 N–H and O–H groups in total. The van der Waals surface area contributed by atoms with Crippen molar-refractivity contribution in [3.8, 4) is 0 Å². The number of hydrogen-bond donors (Lipinski definition) is 1. The van der Waals surface area contributed by atoms with Crippen LogP contribution in [0, 0.1) is 6.57 Å². The van der Waals surface area contributed by atoms with E-state index in [1.807, 2.05) is 0 Å². The van der Waals surface area contributed by atoms with Crippen molar-refractivity contribution in [2.24, 2.45) is 0 Å². The standard InChI is InChI=1S/C12H19F3N2OS/c1-10(2,3)19(18)17-9-5-7-11(16-4,8-6-9)12(13,14)15/h9,17H,5-8H2,1-3H3. The van der Waals surface area contributed by atoms with Gasteiger partial charge in [0.2, 0.25) is 0 Å². The van der Waals surface area contributed by atoms with Gasteiger partial charge in [0.1, 0.15) is 0 Å². The third-order valence-corrected chi connectivity index (χ3v) is 5.04. The van der Waals surface area contributed by atoms with Gasteiger partial charge in [-0.25, -0.2) is 15.5 Å². The van der Waals surface area contributed by atoms with E-state index in [2.05, 4.69) is 9.57 Å². The maximum Gasteiger partial charge on any atom is 0.468 e. The molecule has 0 bridgehead atoms. The highest BCUT2D eigenvalue weighted by Crippen LogP contribution is 2.44. The van der Waals surface area contributed by atoms with Crippen LogP contribution >= 0.6 is 0 Å². The Morgan fingerprint density at radius 2 is 1.74 bits per heavy atom. The maximum atomic E-state index is 12.9. The minimum Gasteiger partial charge on any atom is -0.300 e. The molecule has 7 heteroatoms. The van der Waals surface area contributed by atoms with Crippen LogP contribution in [0.4, 0.5) is 13.2 Å². The summed E-state index contributed by atoms with van der Waals surface area (Å²) in [6.45, 7) is 12.2. The zero-order valence-electron chi connectivity index (χ0n) is 11.3. The van der Waals surface area contributed by atoms with Crippen LogP contribution in [0.25, 0.3) is 4.85 Å². The van der Waals surface area contributed by atoms with E-state index in [1.165, 1.54) is 0 Å². The van der Waals surface area contributed by atoms with Crippen LogP contribution < -0.4 is 4.72 Å². The van der Waals surface area contributed by atoms with Gasteiger partial charge in [-0.15, -0.1) is 0 Å². The molecule has 1 fully saturated rings. The van der Waals surface area contributed by atoms with E-state index in [0.29, 0.717) is 0 Å². The molecule has 0 heterocycles. The van der Waals surface area contributed by atoms with Gasteiger partial charge in [0.15, 0.2) is 0 Å². The van der Waals surface area contributed by atoms with Crippen molar-refractivity contribution in [1.82, 2.24) is 4.72 Å². The van der Waals surface area contributed by atoms with Gasteiger partial charge in [0.05, 0.1) is 15.7 Å². The van der Waals surface area contributed by atoms with E-state index in [4.69, 9.17) is 6.57 Å². The molecule has 0 radical (unpaired) electrons. The van der Waals surface area contributed by atoms with Crippen LogP contribution in [0.2, 0.25) is 0 Å². The van der Waals surface area contributed by atoms with Crippen molar-refractivity contribution in [2.75, 3.05) is 0 Å². The van der Waals surface area contributed by atoms with Gasteiger partial charge < -0.3 is 4.85 Å². The zero-order valence-corrected chi connectivity index (χ0v) is 12.1. The van der Waals surface area contributed by atoms with Crippen molar-refractivity contribution < 1.29 is 17.4 Å². The minimum absolute atomic E-state index is 0.211. The summed E-state index contributed by atoms with van der Waals surface area (Å²) < 4.78 is 53.0. The molecule has 0 amide bonds. The van der Waals surface area contributed by atoms with Gasteiger partial charge in [-0.1, -0.05) is 0 Å². The number of hydrogen-bond acceptors (Lipinski definition) is 1. The average Bonchev–Trinajstić information content (AvgIpc) is 2.27. The first-order chi connectivity index (χ1) is 8.52. The van der Waals surface area contributed by atoms with Crippen LogP contribution in [0.5, 0.6) is 0 Å². The highest BCUT2D eigenvalue weighted by Gasteiger charge is 2.62. The van der Waals surface area contributed by atoms with E-state index in [0.717, 1.165) is 0 Å². The van der Waals surface area contributed by atoms with Gasteiger partial charge in [-0.3, -0.25) is 0 Å². The summed E-state index contributed by atoms with van der Waals surface area (Å²) in [5, 5.41) is 0. The Hall–Kier alpha value is -0.610. The summed E-state index contributed by atoms with van der Waals surface area (Å²) in [5.41, 5.74) is -2.24. The smallest absolute Gasteiger partial charge is 0.300 e. The van der Waals surface area contributed by atoms with Gasteiger partial charge in [-0.05, 0) is 33.6 Å². The largest absolute Gasteiger partial charge is 0.468 e. The number of halogens is 3. The van der Waals surface area contributed by atoms with Crippen LogP contribution in [0.15, 0.2) is 0 Å². The third-order valence-electron chi connectivity index (χ3n) is 3.38. The van der Waals surface area contributed by atoms with E-state index in [9.17, 15) is 17.4 Å². The predicted octanol–water partition coefficient (Wildman–Crippen LogP) is 3.20. The lowest BCUT2D eigenvalue weighted by Crippen LogP contribution is -2.49. The highest BCUT2D eigenvalue weighted by molar-refractivity contribution is 7.84. The Morgan fingerprint density at radius 3 is 2.05 bits per heavy atom. The topological polar surface area (TPSA) is 33.5 Å². The molecule has 1 unspecified atom stereocenters. The molecule has 1 aliphatic rings. The average molecular weight is 296 g/mol. The predicted molar refractivity (Wildman–Crippen MR) is 68.7 cm³/mol. The van der Waals surface area contributed by atoms with Crippen molar-refractivity contribution in [1.29, 1.82) is 0 Å². The number of rotatable bonds is 2. The fraction of sp³-hybridized carbons (Fsp3) is 0.917. The molecule has 0 aliphatic heterocycles. The zero-order chi connectivity index (χ0) is 14.9. The van der Waals surface area contributed by atoms with Crippen LogP contribution in [-0.2, 0) is 11.0 Å². The molecule has 0 aromatic carbocycles. The van der Waals surface area contributed by atoms with Gasteiger partial charge in [-0.2, -0.15) is 13.2 Å². The van der Waals surface area contributed by atoms with Crippen LogP contribution in [-0.4, -0.2) is 26.7 Å². The Labute approximate surface area is 114 Å². The molecule has 1 saturated carbocycles.